The van der Waals surface area contributed by atoms with Crippen LogP contribution in [0.2, 0.25) is 0 Å². The Kier molecular flexibility index (Phi) is 5.70. The van der Waals surface area contributed by atoms with Crippen LogP contribution >= 0.6 is 0 Å². The number of methoxy groups -OCH3 is 1. The summed E-state index contributed by atoms with van der Waals surface area (Å²) in [5.41, 5.74) is 1.39. The molecule has 166 valence electrons. The van der Waals surface area contributed by atoms with Crippen molar-refractivity contribution in [2.45, 2.75) is 24.7 Å². The van der Waals surface area contributed by atoms with Crippen LogP contribution in [0.1, 0.15) is 19.8 Å². The topological polar surface area (TPSA) is 76.2 Å². The molecular weight excluding hydrogens is 416 g/mol. The standard InChI is InChI=1S/C23H28N2O5S/c1-17(26)25-12-10-23(11-13-25)15-24(2)31(27,28)22-14-19(6-9-21(22)30-16-23)18-4-7-20(29-3)8-5-18/h4-9,14H,10-13,15-16H2,1-3H3. The van der Waals surface area contributed by atoms with E-state index < -0.39 is 10.0 Å². The zero-order chi connectivity index (χ0) is 22.2. The summed E-state index contributed by atoms with van der Waals surface area (Å²) >= 11 is 0. The van der Waals surface area contributed by atoms with Crippen molar-refractivity contribution in [1.82, 2.24) is 9.21 Å². The summed E-state index contributed by atoms with van der Waals surface area (Å²) in [6, 6.07) is 12.8. The van der Waals surface area contributed by atoms with Crippen molar-refractivity contribution in [3.8, 4) is 22.6 Å². The highest BCUT2D eigenvalue weighted by Crippen LogP contribution is 2.40. The van der Waals surface area contributed by atoms with Gasteiger partial charge in [0.1, 0.15) is 16.4 Å². The Bertz CT molecular complexity index is 1070. The molecule has 0 atom stereocenters. The molecule has 1 spiro atoms. The van der Waals surface area contributed by atoms with Gasteiger partial charge >= 0.3 is 0 Å². The monoisotopic (exact) mass is 444 g/mol. The minimum absolute atomic E-state index is 0.0546. The number of piperidine rings is 1. The average Bonchev–Trinajstić information content (AvgIpc) is 2.77. The van der Waals surface area contributed by atoms with Crippen LogP contribution in [0.25, 0.3) is 11.1 Å². The maximum absolute atomic E-state index is 13.4. The summed E-state index contributed by atoms with van der Waals surface area (Å²) in [6.07, 6.45) is 1.43. The molecule has 0 aromatic heterocycles. The van der Waals surface area contributed by atoms with Gasteiger partial charge < -0.3 is 14.4 Å². The molecule has 2 heterocycles. The van der Waals surface area contributed by atoms with Gasteiger partial charge in [0.25, 0.3) is 0 Å². The molecule has 0 radical (unpaired) electrons. The third kappa shape index (κ3) is 4.14. The Labute approximate surface area is 183 Å². The van der Waals surface area contributed by atoms with Gasteiger partial charge in [0.2, 0.25) is 15.9 Å². The Morgan fingerprint density at radius 2 is 1.71 bits per heavy atom. The van der Waals surface area contributed by atoms with Crippen molar-refractivity contribution in [3.05, 3.63) is 42.5 Å². The number of rotatable bonds is 2. The summed E-state index contributed by atoms with van der Waals surface area (Å²) in [5, 5.41) is 0. The van der Waals surface area contributed by atoms with E-state index in [2.05, 4.69) is 0 Å². The van der Waals surface area contributed by atoms with Gasteiger partial charge in [-0.25, -0.2) is 12.7 Å². The molecule has 0 bridgehead atoms. The average molecular weight is 445 g/mol. The lowest BCUT2D eigenvalue weighted by atomic mass is 9.79. The Balaban J connectivity index is 1.66. The summed E-state index contributed by atoms with van der Waals surface area (Å²) < 4.78 is 39.6. The van der Waals surface area contributed by atoms with Crippen molar-refractivity contribution in [3.63, 3.8) is 0 Å². The van der Waals surface area contributed by atoms with E-state index in [1.54, 1.807) is 33.2 Å². The molecular formula is C23H28N2O5S. The second-order valence-electron chi connectivity index (χ2n) is 8.45. The molecule has 7 nitrogen and oxygen atoms in total. The van der Waals surface area contributed by atoms with Crippen molar-refractivity contribution < 1.29 is 22.7 Å². The van der Waals surface area contributed by atoms with E-state index in [0.717, 1.165) is 16.9 Å². The van der Waals surface area contributed by atoms with E-state index in [0.29, 0.717) is 44.8 Å². The number of carbonyl (C=O) groups excluding carboxylic acids is 1. The van der Waals surface area contributed by atoms with E-state index in [4.69, 9.17) is 9.47 Å². The van der Waals surface area contributed by atoms with Gasteiger partial charge in [-0.3, -0.25) is 4.79 Å². The Morgan fingerprint density at radius 1 is 1.06 bits per heavy atom. The first-order valence-corrected chi connectivity index (χ1v) is 11.8. The maximum Gasteiger partial charge on any atom is 0.246 e. The molecule has 31 heavy (non-hydrogen) atoms. The van der Waals surface area contributed by atoms with Crippen LogP contribution < -0.4 is 9.47 Å². The zero-order valence-electron chi connectivity index (χ0n) is 18.1. The van der Waals surface area contributed by atoms with E-state index >= 15 is 0 Å². The third-order valence-corrected chi connectivity index (χ3v) is 8.24. The highest BCUT2D eigenvalue weighted by Gasteiger charge is 2.42. The minimum Gasteiger partial charge on any atom is -0.497 e. The molecule has 0 saturated carbocycles. The van der Waals surface area contributed by atoms with Crippen LogP contribution in [0, 0.1) is 5.41 Å². The van der Waals surface area contributed by atoms with Crippen molar-refractivity contribution >= 4 is 15.9 Å². The molecule has 2 aromatic rings. The Morgan fingerprint density at radius 3 is 2.32 bits per heavy atom. The van der Waals surface area contributed by atoms with Gasteiger partial charge in [-0.1, -0.05) is 18.2 Å². The van der Waals surface area contributed by atoms with Gasteiger partial charge in [0, 0.05) is 39.0 Å². The van der Waals surface area contributed by atoms with E-state index in [1.807, 2.05) is 35.2 Å². The van der Waals surface area contributed by atoms with Crippen LogP contribution in [0.4, 0.5) is 0 Å². The molecule has 4 rings (SSSR count). The molecule has 0 unspecified atom stereocenters. The fourth-order valence-electron chi connectivity index (χ4n) is 4.39. The van der Waals surface area contributed by atoms with E-state index in [1.165, 1.54) is 4.31 Å². The molecule has 0 N–H and O–H groups in total. The first-order valence-electron chi connectivity index (χ1n) is 10.4. The molecule has 2 aliphatic heterocycles. The summed E-state index contributed by atoms with van der Waals surface area (Å²) in [5.74, 6) is 1.17. The number of nitrogens with zero attached hydrogens (tertiary/aromatic N) is 2. The molecule has 1 fully saturated rings. The molecule has 2 aromatic carbocycles. The number of amides is 1. The fraction of sp³-hybridized carbons (Fsp3) is 0.435. The van der Waals surface area contributed by atoms with Gasteiger partial charge in [0.15, 0.2) is 0 Å². The predicted molar refractivity (Wildman–Crippen MR) is 118 cm³/mol. The van der Waals surface area contributed by atoms with Crippen LogP contribution in [-0.4, -0.2) is 63.9 Å². The first-order chi connectivity index (χ1) is 14.7. The van der Waals surface area contributed by atoms with Gasteiger partial charge in [0.05, 0.1) is 13.7 Å². The number of likely N-dealkylation sites (tertiary alicyclic amines) is 1. The second-order valence-corrected chi connectivity index (χ2v) is 10.5. The summed E-state index contributed by atoms with van der Waals surface area (Å²) in [7, 11) is -0.489. The molecule has 1 amide bonds. The minimum atomic E-state index is -3.73. The predicted octanol–water partition coefficient (Wildman–Crippen LogP) is 3.00. The number of carbonyl (C=O) groups is 1. The number of hydrogen-bond donors (Lipinski definition) is 0. The smallest absolute Gasteiger partial charge is 0.246 e. The van der Waals surface area contributed by atoms with E-state index in [-0.39, 0.29) is 16.2 Å². The number of hydrogen-bond acceptors (Lipinski definition) is 5. The van der Waals surface area contributed by atoms with Crippen LogP contribution in [0.15, 0.2) is 47.4 Å². The van der Waals surface area contributed by atoms with Gasteiger partial charge in [-0.15, -0.1) is 0 Å². The van der Waals surface area contributed by atoms with Crippen molar-refractivity contribution in [2.24, 2.45) is 5.41 Å². The molecule has 8 heteroatoms. The lowest BCUT2D eigenvalue weighted by Crippen LogP contribution is -2.51. The summed E-state index contributed by atoms with van der Waals surface area (Å²) in [6.45, 7) is 3.60. The Hall–Kier alpha value is -2.58. The van der Waals surface area contributed by atoms with Crippen molar-refractivity contribution in [2.75, 3.05) is 40.4 Å². The zero-order valence-corrected chi connectivity index (χ0v) is 18.9. The molecule has 2 aliphatic rings. The number of ether oxygens (including phenoxy) is 2. The van der Waals surface area contributed by atoms with Crippen molar-refractivity contribution in [1.29, 1.82) is 0 Å². The lowest BCUT2D eigenvalue weighted by molar-refractivity contribution is -0.131. The van der Waals surface area contributed by atoms with Gasteiger partial charge in [-0.05, 0) is 48.2 Å². The lowest BCUT2D eigenvalue weighted by Gasteiger charge is -2.44. The normalized spacial score (nSPS) is 20.3. The second kappa shape index (κ2) is 8.16. The fourth-order valence-corrected chi connectivity index (χ4v) is 5.83. The molecule has 1 saturated heterocycles. The highest BCUT2D eigenvalue weighted by atomic mass is 32.2. The quantitative estimate of drug-likeness (QED) is 0.712. The van der Waals surface area contributed by atoms with Gasteiger partial charge in [-0.2, -0.15) is 0 Å². The SMILES string of the molecule is COc1ccc(-c2ccc3c(c2)S(=O)(=O)N(C)CC2(CCN(C(C)=O)CC2)CO3)cc1. The maximum atomic E-state index is 13.4. The summed E-state index contributed by atoms with van der Waals surface area (Å²) in [4.78, 5) is 13.7. The number of fused-ring (bicyclic) bond motifs is 1. The van der Waals surface area contributed by atoms with Crippen LogP contribution in [0.3, 0.4) is 0 Å². The first kappa shape index (κ1) is 21.6. The largest absolute Gasteiger partial charge is 0.497 e. The molecule has 0 aliphatic carbocycles. The van der Waals surface area contributed by atoms with E-state index in [9.17, 15) is 13.2 Å². The highest BCUT2D eigenvalue weighted by molar-refractivity contribution is 7.89. The number of benzene rings is 2. The third-order valence-electron chi connectivity index (χ3n) is 6.42. The van der Waals surface area contributed by atoms with Crippen LogP contribution in [0.5, 0.6) is 11.5 Å². The number of sulfonamides is 1. The van der Waals surface area contributed by atoms with Crippen LogP contribution in [-0.2, 0) is 14.8 Å².